The van der Waals surface area contributed by atoms with Crippen molar-refractivity contribution in [2.45, 2.75) is 38.6 Å². The van der Waals surface area contributed by atoms with Crippen molar-refractivity contribution in [1.82, 2.24) is 24.4 Å². The number of likely N-dealkylation sites (tertiary alicyclic amines) is 1. The molecule has 1 atom stereocenters. The van der Waals surface area contributed by atoms with E-state index >= 15 is 0 Å². The van der Waals surface area contributed by atoms with Crippen LogP contribution in [-0.4, -0.2) is 43.4 Å². The normalized spacial score (nSPS) is 17.2. The van der Waals surface area contributed by atoms with Crippen molar-refractivity contribution in [3.05, 3.63) is 64.4 Å². The van der Waals surface area contributed by atoms with Crippen LogP contribution >= 0.6 is 11.3 Å². The number of hydrogen-bond donors (Lipinski definition) is 0. The fourth-order valence-corrected chi connectivity index (χ4v) is 4.28. The maximum Gasteiger partial charge on any atom is 0.228 e. The number of rotatable bonds is 5. The van der Waals surface area contributed by atoms with Gasteiger partial charge in [-0.2, -0.15) is 0 Å². The number of nitrogens with zero attached hydrogens (tertiary/aromatic N) is 5. The Morgan fingerprint density at radius 3 is 2.93 bits per heavy atom. The number of imidazole rings is 1. The first-order chi connectivity index (χ1) is 13.2. The highest BCUT2D eigenvalue weighted by Crippen LogP contribution is 2.27. The molecule has 3 aromatic heterocycles. The SMILES string of the molecule is Cc1nc(CC(=O)N2CCCC(c3nccn3Cc3ccncc3)C2)cs1. The van der Waals surface area contributed by atoms with Crippen LogP contribution in [0.25, 0.3) is 0 Å². The summed E-state index contributed by atoms with van der Waals surface area (Å²) in [6.07, 6.45) is 9.97. The predicted octanol–water partition coefficient (Wildman–Crippen LogP) is 3.04. The fraction of sp³-hybridized carbons (Fsp3) is 0.400. The quantitative estimate of drug-likeness (QED) is 0.681. The zero-order valence-electron chi connectivity index (χ0n) is 15.4. The Bertz CT molecular complexity index is 904. The Kier molecular flexibility index (Phi) is 5.29. The minimum Gasteiger partial charge on any atom is -0.342 e. The smallest absolute Gasteiger partial charge is 0.228 e. The summed E-state index contributed by atoms with van der Waals surface area (Å²) in [7, 11) is 0. The molecule has 4 heterocycles. The molecule has 4 rings (SSSR count). The second-order valence-corrected chi connectivity index (χ2v) is 8.04. The lowest BCUT2D eigenvalue weighted by molar-refractivity contribution is -0.131. The van der Waals surface area contributed by atoms with Gasteiger partial charge in [0.05, 0.1) is 17.1 Å². The molecule has 27 heavy (non-hydrogen) atoms. The van der Waals surface area contributed by atoms with Crippen LogP contribution in [0.3, 0.4) is 0 Å². The first-order valence-corrected chi connectivity index (χ1v) is 10.2. The van der Waals surface area contributed by atoms with Crippen LogP contribution in [0, 0.1) is 6.92 Å². The number of carbonyl (C=O) groups is 1. The Hall–Kier alpha value is -2.54. The molecule has 0 aliphatic carbocycles. The third-order valence-corrected chi connectivity index (χ3v) is 5.81. The van der Waals surface area contributed by atoms with E-state index < -0.39 is 0 Å². The number of pyridine rings is 1. The minimum atomic E-state index is 0.164. The summed E-state index contributed by atoms with van der Waals surface area (Å²) in [4.78, 5) is 27.8. The average molecular weight is 382 g/mol. The van der Waals surface area contributed by atoms with Gasteiger partial charge in [0, 0.05) is 55.7 Å². The van der Waals surface area contributed by atoms with Crippen molar-refractivity contribution in [2.24, 2.45) is 0 Å². The van der Waals surface area contributed by atoms with Gasteiger partial charge >= 0.3 is 0 Å². The summed E-state index contributed by atoms with van der Waals surface area (Å²) < 4.78 is 2.19. The second kappa shape index (κ2) is 8.00. The predicted molar refractivity (Wildman–Crippen MR) is 105 cm³/mol. The Labute approximate surface area is 162 Å². The summed E-state index contributed by atoms with van der Waals surface area (Å²) >= 11 is 1.59. The molecule has 1 aliphatic heterocycles. The molecule has 1 amide bonds. The van der Waals surface area contributed by atoms with Crippen LogP contribution in [0.5, 0.6) is 0 Å². The minimum absolute atomic E-state index is 0.164. The van der Waals surface area contributed by atoms with E-state index in [1.165, 1.54) is 5.56 Å². The third kappa shape index (κ3) is 4.24. The van der Waals surface area contributed by atoms with E-state index in [-0.39, 0.29) is 11.8 Å². The summed E-state index contributed by atoms with van der Waals surface area (Å²) in [6, 6.07) is 4.05. The molecule has 0 radical (unpaired) electrons. The number of thiazole rings is 1. The van der Waals surface area contributed by atoms with Crippen LogP contribution in [0.1, 0.15) is 40.8 Å². The lowest BCUT2D eigenvalue weighted by atomic mass is 9.96. The molecule has 6 nitrogen and oxygen atoms in total. The molecule has 0 aromatic carbocycles. The number of carbonyl (C=O) groups excluding carboxylic acids is 1. The van der Waals surface area contributed by atoms with Gasteiger partial charge in [-0.1, -0.05) is 0 Å². The van der Waals surface area contributed by atoms with Gasteiger partial charge in [-0.15, -0.1) is 11.3 Å². The molecule has 1 saturated heterocycles. The van der Waals surface area contributed by atoms with Gasteiger partial charge in [0.25, 0.3) is 0 Å². The molecule has 0 N–H and O–H groups in total. The van der Waals surface area contributed by atoms with Gasteiger partial charge in [-0.05, 0) is 37.5 Å². The monoisotopic (exact) mass is 381 g/mol. The van der Waals surface area contributed by atoms with Gasteiger partial charge in [-0.3, -0.25) is 9.78 Å². The number of aromatic nitrogens is 4. The summed E-state index contributed by atoms with van der Waals surface area (Å²) in [6.45, 7) is 4.30. The average Bonchev–Trinajstić information content (AvgIpc) is 3.31. The molecule has 0 spiro atoms. The van der Waals surface area contributed by atoms with E-state index in [2.05, 4.69) is 19.5 Å². The van der Waals surface area contributed by atoms with E-state index in [1.807, 2.05) is 54.1 Å². The Morgan fingerprint density at radius 1 is 1.30 bits per heavy atom. The van der Waals surface area contributed by atoms with Crippen LogP contribution in [0.2, 0.25) is 0 Å². The highest BCUT2D eigenvalue weighted by Gasteiger charge is 2.27. The summed E-state index contributed by atoms with van der Waals surface area (Å²) in [5, 5.41) is 2.99. The van der Waals surface area contributed by atoms with E-state index in [0.29, 0.717) is 6.42 Å². The number of aryl methyl sites for hydroxylation is 1. The molecular weight excluding hydrogens is 358 g/mol. The molecule has 140 valence electrons. The van der Waals surface area contributed by atoms with E-state index in [1.54, 1.807) is 11.3 Å². The Balaban J connectivity index is 1.44. The van der Waals surface area contributed by atoms with Crippen molar-refractivity contribution in [2.75, 3.05) is 13.1 Å². The van der Waals surface area contributed by atoms with Gasteiger partial charge in [0.15, 0.2) is 0 Å². The van der Waals surface area contributed by atoms with Crippen LogP contribution in [0.4, 0.5) is 0 Å². The van der Waals surface area contributed by atoms with Crippen LogP contribution in [0.15, 0.2) is 42.3 Å². The fourth-order valence-electron chi connectivity index (χ4n) is 3.67. The van der Waals surface area contributed by atoms with Crippen molar-refractivity contribution in [3.8, 4) is 0 Å². The first kappa shape index (κ1) is 17.9. The van der Waals surface area contributed by atoms with Gasteiger partial charge in [0.2, 0.25) is 5.91 Å². The third-order valence-electron chi connectivity index (χ3n) is 4.99. The molecule has 3 aromatic rings. The summed E-state index contributed by atoms with van der Waals surface area (Å²) in [5.41, 5.74) is 2.08. The molecular formula is C20H23N5OS. The molecule has 1 aliphatic rings. The molecule has 7 heteroatoms. The number of piperidine rings is 1. The maximum atomic E-state index is 12.7. The zero-order valence-corrected chi connectivity index (χ0v) is 16.2. The number of amides is 1. The second-order valence-electron chi connectivity index (χ2n) is 6.98. The van der Waals surface area contributed by atoms with Gasteiger partial charge < -0.3 is 9.47 Å². The topological polar surface area (TPSA) is 63.9 Å². The lowest BCUT2D eigenvalue weighted by Gasteiger charge is -2.32. The van der Waals surface area contributed by atoms with E-state index in [9.17, 15) is 4.79 Å². The zero-order chi connectivity index (χ0) is 18.6. The van der Waals surface area contributed by atoms with Crippen molar-refractivity contribution in [1.29, 1.82) is 0 Å². The first-order valence-electron chi connectivity index (χ1n) is 9.28. The molecule has 1 fully saturated rings. The lowest BCUT2D eigenvalue weighted by Crippen LogP contribution is -2.40. The van der Waals surface area contributed by atoms with Crippen molar-refractivity contribution >= 4 is 17.2 Å². The highest BCUT2D eigenvalue weighted by molar-refractivity contribution is 7.09. The van der Waals surface area contributed by atoms with Crippen molar-refractivity contribution in [3.63, 3.8) is 0 Å². The van der Waals surface area contributed by atoms with Crippen molar-refractivity contribution < 1.29 is 4.79 Å². The van der Waals surface area contributed by atoms with Gasteiger partial charge in [0.1, 0.15) is 5.82 Å². The highest BCUT2D eigenvalue weighted by atomic mass is 32.1. The van der Waals surface area contributed by atoms with Crippen LogP contribution < -0.4 is 0 Å². The molecule has 0 saturated carbocycles. The van der Waals surface area contributed by atoms with Gasteiger partial charge in [-0.25, -0.2) is 9.97 Å². The Morgan fingerprint density at radius 2 is 2.15 bits per heavy atom. The largest absolute Gasteiger partial charge is 0.342 e. The van der Waals surface area contributed by atoms with Crippen LogP contribution in [-0.2, 0) is 17.8 Å². The van der Waals surface area contributed by atoms with E-state index in [0.717, 1.165) is 49.0 Å². The summed E-state index contributed by atoms with van der Waals surface area (Å²) in [5.74, 6) is 1.50. The molecule has 1 unspecified atom stereocenters. The maximum absolute atomic E-state index is 12.7. The number of hydrogen-bond acceptors (Lipinski definition) is 5. The van der Waals surface area contributed by atoms with E-state index in [4.69, 9.17) is 0 Å². The molecule has 0 bridgehead atoms. The standard InChI is InChI=1S/C20H23N5OS/c1-15-23-18(14-27-15)11-19(26)24-9-2-3-17(13-24)20-22-8-10-25(20)12-16-4-6-21-7-5-16/h4-8,10,14,17H,2-3,9,11-13H2,1H3.